The Morgan fingerprint density at radius 3 is 2.22 bits per heavy atom. The number of benzene rings is 3. The first-order valence-electron chi connectivity index (χ1n) is 11.7. The molecule has 0 radical (unpaired) electrons. The van der Waals surface area contributed by atoms with Crippen molar-refractivity contribution >= 4 is 50.7 Å². The number of aryl methyl sites for hydroxylation is 1. The van der Waals surface area contributed by atoms with E-state index in [1.807, 2.05) is 0 Å². The first kappa shape index (κ1) is 28.5. The number of nitrogens with zero attached hydrogens (tertiary/aromatic N) is 2. The zero-order valence-electron chi connectivity index (χ0n) is 20.8. The predicted octanol–water partition coefficient (Wildman–Crippen LogP) is 5.05. The van der Waals surface area contributed by atoms with Gasteiger partial charge >= 0.3 is 0 Å². The van der Waals surface area contributed by atoms with Crippen LogP contribution in [-0.4, -0.2) is 44.8 Å². The van der Waals surface area contributed by atoms with Gasteiger partial charge in [-0.15, -0.1) is 0 Å². The maximum absolute atomic E-state index is 13.9. The van der Waals surface area contributed by atoms with Gasteiger partial charge in [-0.25, -0.2) is 8.42 Å². The van der Waals surface area contributed by atoms with Crippen LogP contribution in [0.25, 0.3) is 0 Å². The van der Waals surface area contributed by atoms with Gasteiger partial charge in [0.25, 0.3) is 10.0 Å². The largest absolute Gasteiger partial charge is 0.357 e. The Balaban J connectivity index is 2.10. The maximum Gasteiger partial charge on any atom is 0.264 e. The third-order valence-electron chi connectivity index (χ3n) is 5.97. The molecule has 196 valence electrons. The number of halogens is 2. The summed E-state index contributed by atoms with van der Waals surface area (Å²) in [5.74, 6) is -0.910. The zero-order chi connectivity index (χ0) is 27.2. The lowest BCUT2D eigenvalue weighted by molar-refractivity contribution is -0.140. The maximum atomic E-state index is 13.9. The van der Waals surface area contributed by atoms with Crippen LogP contribution in [0.15, 0.2) is 77.7 Å². The van der Waals surface area contributed by atoms with E-state index in [0.29, 0.717) is 33.3 Å². The molecule has 3 rings (SSSR count). The quantitative estimate of drug-likeness (QED) is 0.375. The van der Waals surface area contributed by atoms with Gasteiger partial charge in [-0.1, -0.05) is 66.5 Å². The predicted molar refractivity (Wildman–Crippen MR) is 147 cm³/mol. The van der Waals surface area contributed by atoms with Gasteiger partial charge in [-0.3, -0.25) is 13.9 Å². The molecular weight excluding hydrogens is 533 g/mol. The minimum absolute atomic E-state index is 0.0310. The molecule has 0 aliphatic rings. The first-order chi connectivity index (χ1) is 17.6. The fraction of sp³-hybridized carbons (Fsp3) is 0.259. The number of amides is 2. The molecule has 3 aromatic carbocycles. The number of hydrogen-bond donors (Lipinski definition) is 1. The molecule has 0 unspecified atom stereocenters. The van der Waals surface area contributed by atoms with E-state index in [2.05, 4.69) is 5.32 Å². The summed E-state index contributed by atoms with van der Waals surface area (Å²) in [6.07, 6.45) is 0.321. The average molecular weight is 563 g/mol. The van der Waals surface area contributed by atoms with Crippen LogP contribution < -0.4 is 9.62 Å². The summed E-state index contributed by atoms with van der Waals surface area (Å²) in [5.41, 5.74) is 1.53. The number of likely N-dealkylation sites (N-methyl/N-ethyl adjacent to an activating group) is 1. The van der Waals surface area contributed by atoms with Gasteiger partial charge in [-0.05, 0) is 60.9 Å². The van der Waals surface area contributed by atoms with E-state index in [0.717, 1.165) is 4.31 Å². The van der Waals surface area contributed by atoms with E-state index in [4.69, 9.17) is 23.2 Å². The van der Waals surface area contributed by atoms with Gasteiger partial charge in [0.05, 0.1) is 10.6 Å². The van der Waals surface area contributed by atoms with Crippen LogP contribution in [0.3, 0.4) is 0 Å². The van der Waals surface area contributed by atoms with Crippen molar-refractivity contribution in [2.45, 2.75) is 37.8 Å². The molecule has 0 spiro atoms. The number of carbonyl (C=O) groups is 2. The molecule has 0 saturated heterocycles. The molecule has 3 aromatic rings. The summed E-state index contributed by atoms with van der Waals surface area (Å²) >= 11 is 12.5. The highest BCUT2D eigenvalue weighted by molar-refractivity contribution is 7.92. The third kappa shape index (κ3) is 6.63. The molecule has 0 heterocycles. The minimum atomic E-state index is -4.14. The minimum Gasteiger partial charge on any atom is -0.357 e. The Morgan fingerprint density at radius 1 is 0.973 bits per heavy atom. The lowest BCUT2D eigenvalue weighted by atomic mass is 10.1. The monoisotopic (exact) mass is 561 g/mol. The van der Waals surface area contributed by atoms with Crippen LogP contribution in [0.2, 0.25) is 10.0 Å². The van der Waals surface area contributed by atoms with Gasteiger partial charge < -0.3 is 10.2 Å². The third-order valence-corrected chi connectivity index (χ3v) is 8.35. The molecule has 1 N–H and O–H groups in total. The van der Waals surface area contributed by atoms with Crippen LogP contribution in [0.1, 0.15) is 24.5 Å². The molecule has 10 heteroatoms. The summed E-state index contributed by atoms with van der Waals surface area (Å²) < 4.78 is 28.6. The van der Waals surface area contributed by atoms with Crippen LogP contribution in [0.4, 0.5) is 5.69 Å². The fourth-order valence-electron chi connectivity index (χ4n) is 4.03. The van der Waals surface area contributed by atoms with E-state index < -0.39 is 28.5 Å². The standard InChI is InChI=1S/C27H29Cl2N3O4S/c1-4-24(27(34)30-3)31(17-20-10-8-9-13-23(20)29)26(33)18-32(25-15-14-21(28)16-19(25)2)37(35,36)22-11-6-5-7-12-22/h5-16,24H,4,17-18H2,1-3H3,(H,30,34)/t24-/m0/s1. The van der Waals surface area contributed by atoms with Crippen molar-refractivity contribution in [3.05, 3.63) is 94.0 Å². The summed E-state index contributed by atoms with van der Waals surface area (Å²) in [7, 11) is -2.65. The Kier molecular flexibility index (Phi) is 9.59. The van der Waals surface area contributed by atoms with Crippen molar-refractivity contribution in [3.8, 4) is 0 Å². The molecule has 0 bridgehead atoms. The highest BCUT2D eigenvalue weighted by Crippen LogP contribution is 2.29. The van der Waals surface area contributed by atoms with Crippen LogP contribution in [0.5, 0.6) is 0 Å². The molecule has 0 saturated carbocycles. The SMILES string of the molecule is CC[C@@H](C(=O)NC)N(Cc1ccccc1Cl)C(=O)CN(c1ccc(Cl)cc1C)S(=O)(=O)c1ccccc1. The second-order valence-electron chi connectivity index (χ2n) is 8.41. The molecule has 0 aromatic heterocycles. The van der Waals surface area contributed by atoms with E-state index in [1.54, 1.807) is 74.5 Å². The van der Waals surface area contributed by atoms with Crippen molar-refractivity contribution in [2.24, 2.45) is 0 Å². The lowest BCUT2D eigenvalue weighted by Gasteiger charge is -2.33. The second kappa shape index (κ2) is 12.4. The number of nitrogens with one attached hydrogen (secondary N) is 1. The number of anilines is 1. The first-order valence-corrected chi connectivity index (χ1v) is 13.9. The van der Waals surface area contributed by atoms with Crippen LogP contribution in [-0.2, 0) is 26.2 Å². The molecule has 0 aliphatic heterocycles. The van der Waals surface area contributed by atoms with Crippen molar-refractivity contribution in [1.29, 1.82) is 0 Å². The molecule has 0 aliphatic carbocycles. The Hall–Kier alpha value is -3.07. The molecule has 7 nitrogen and oxygen atoms in total. The van der Waals surface area contributed by atoms with Gasteiger partial charge in [-0.2, -0.15) is 0 Å². The Labute approximate surface area is 228 Å². The molecule has 0 fully saturated rings. The number of carbonyl (C=O) groups excluding carboxylic acids is 2. The highest BCUT2D eigenvalue weighted by atomic mass is 35.5. The Bertz CT molecular complexity index is 1370. The Morgan fingerprint density at radius 2 is 1.62 bits per heavy atom. The normalized spacial score (nSPS) is 12.0. The van der Waals surface area contributed by atoms with Gasteiger partial charge in [0.1, 0.15) is 12.6 Å². The van der Waals surface area contributed by atoms with Gasteiger partial charge in [0.15, 0.2) is 0 Å². The van der Waals surface area contributed by atoms with Crippen molar-refractivity contribution in [2.75, 3.05) is 17.9 Å². The number of sulfonamides is 1. The van der Waals surface area contributed by atoms with Gasteiger partial charge in [0, 0.05) is 23.6 Å². The topological polar surface area (TPSA) is 86.8 Å². The zero-order valence-corrected chi connectivity index (χ0v) is 23.1. The van der Waals surface area contributed by atoms with Crippen molar-refractivity contribution in [1.82, 2.24) is 10.2 Å². The number of hydrogen-bond acceptors (Lipinski definition) is 4. The van der Waals surface area contributed by atoms with Gasteiger partial charge in [0.2, 0.25) is 11.8 Å². The van der Waals surface area contributed by atoms with Crippen molar-refractivity contribution < 1.29 is 18.0 Å². The van der Waals surface area contributed by atoms with E-state index in [-0.39, 0.29) is 17.3 Å². The van der Waals surface area contributed by atoms with Crippen LogP contribution >= 0.6 is 23.2 Å². The number of rotatable bonds is 10. The lowest BCUT2D eigenvalue weighted by Crippen LogP contribution is -2.51. The highest BCUT2D eigenvalue weighted by Gasteiger charge is 2.34. The molecule has 2 amide bonds. The summed E-state index contributed by atoms with van der Waals surface area (Å²) in [5, 5.41) is 3.48. The smallest absolute Gasteiger partial charge is 0.264 e. The van der Waals surface area contributed by atoms with Crippen molar-refractivity contribution in [3.63, 3.8) is 0 Å². The molecule has 1 atom stereocenters. The molecular formula is C27H29Cl2N3O4S. The average Bonchev–Trinajstić information content (AvgIpc) is 2.88. The van der Waals surface area contributed by atoms with Crippen LogP contribution in [0, 0.1) is 6.92 Å². The summed E-state index contributed by atoms with van der Waals surface area (Å²) in [6, 6.07) is 18.8. The fourth-order valence-corrected chi connectivity index (χ4v) is 5.95. The van der Waals surface area contributed by atoms with E-state index >= 15 is 0 Å². The van der Waals surface area contributed by atoms with E-state index in [1.165, 1.54) is 24.1 Å². The second-order valence-corrected chi connectivity index (χ2v) is 11.1. The summed E-state index contributed by atoms with van der Waals surface area (Å²) in [6.45, 7) is 3.01. The van der Waals surface area contributed by atoms with E-state index in [9.17, 15) is 18.0 Å². The summed E-state index contributed by atoms with van der Waals surface area (Å²) in [4.78, 5) is 28.0. The molecule has 37 heavy (non-hydrogen) atoms.